The number of nitrogens with one attached hydrogen (secondary N) is 3. The molecule has 0 saturated carbocycles. The summed E-state index contributed by atoms with van der Waals surface area (Å²) in [7, 11) is 0. The molecule has 1 saturated heterocycles. The zero-order valence-electron chi connectivity index (χ0n) is 16.9. The van der Waals surface area contributed by atoms with E-state index in [1.54, 1.807) is 0 Å². The summed E-state index contributed by atoms with van der Waals surface area (Å²) in [6.45, 7) is -0.166. The second-order valence-corrected chi connectivity index (χ2v) is 7.76. The van der Waals surface area contributed by atoms with E-state index in [1.165, 1.54) is 12.1 Å². The predicted molar refractivity (Wildman–Crippen MR) is 110 cm³/mol. The lowest BCUT2D eigenvalue weighted by Gasteiger charge is -2.29. The first-order valence-corrected chi connectivity index (χ1v) is 10.2. The van der Waals surface area contributed by atoms with Gasteiger partial charge in [0, 0.05) is 18.7 Å². The summed E-state index contributed by atoms with van der Waals surface area (Å²) in [5.41, 5.74) is -1.65. The lowest BCUT2D eigenvalue weighted by atomic mass is 10.00. The van der Waals surface area contributed by atoms with Crippen molar-refractivity contribution in [2.45, 2.75) is 31.1 Å². The van der Waals surface area contributed by atoms with Crippen LogP contribution >= 0.6 is 11.6 Å². The monoisotopic (exact) mass is 491 g/mol. The zero-order chi connectivity index (χ0) is 24.2. The number of halogens is 6. The Morgan fingerprint density at radius 3 is 2.48 bits per heavy atom. The minimum Gasteiger partial charge on any atom is -0.484 e. The van der Waals surface area contributed by atoms with Crippen molar-refractivity contribution in [2.24, 2.45) is 0 Å². The standard InChI is InChI=1S/C21H19ClF5N3O3/c22-14-4-3-13(8-16(14)24)33-10-19(31)29-12-2-6-17(28-9-12)20(32)30-18-7-11(21(25,26)27)1-5-15(18)23/h1,3-5,7-8,12,17,28H,2,6,9-10H2,(H,29,31)(H,30,32)/t12-,17+/m0/s1. The SMILES string of the molecule is O=C(COc1ccc(Cl)c(F)c1)N[C@H]1CC[C@H](C(=O)Nc2cc(C(F)(F)F)ccc2F)NC1. The number of rotatable bonds is 6. The average molecular weight is 492 g/mol. The molecule has 1 aliphatic heterocycles. The molecule has 0 unspecified atom stereocenters. The van der Waals surface area contributed by atoms with Crippen LogP contribution in [-0.2, 0) is 15.8 Å². The zero-order valence-corrected chi connectivity index (χ0v) is 17.7. The lowest BCUT2D eigenvalue weighted by molar-refractivity contribution is -0.137. The molecule has 0 radical (unpaired) electrons. The molecule has 2 amide bonds. The highest BCUT2D eigenvalue weighted by Crippen LogP contribution is 2.32. The minimum absolute atomic E-state index is 0.0746. The van der Waals surface area contributed by atoms with E-state index in [4.69, 9.17) is 16.3 Å². The number of hydrogen-bond acceptors (Lipinski definition) is 4. The number of piperidine rings is 1. The molecular weight excluding hydrogens is 473 g/mol. The first kappa shape index (κ1) is 24.7. The van der Waals surface area contributed by atoms with Gasteiger partial charge >= 0.3 is 6.18 Å². The highest BCUT2D eigenvalue weighted by Gasteiger charge is 2.32. The molecule has 12 heteroatoms. The molecule has 0 aromatic heterocycles. The Hall–Kier alpha value is -2.92. The van der Waals surface area contributed by atoms with Crippen molar-refractivity contribution in [1.82, 2.24) is 10.6 Å². The quantitative estimate of drug-likeness (QED) is 0.536. The fourth-order valence-electron chi connectivity index (χ4n) is 3.21. The van der Waals surface area contributed by atoms with Gasteiger partial charge in [-0.15, -0.1) is 0 Å². The fraction of sp³-hybridized carbons (Fsp3) is 0.333. The van der Waals surface area contributed by atoms with Crippen LogP contribution in [0.25, 0.3) is 0 Å². The molecule has 2 aromatic rings. The summed E-state index contributed by atoms with van der Waals surface area (Å²) in [6.07, 6.45) is -4.04. The number of benzene rings is 2. The highest BCUT2D eigenvalue weighted by atomic mass is 35.5. The van der Waals surface area contributed by atoms with E-state index >= 15 is 0 Å². The molecule has 0 bridgehead atoms. The Morgan fingerprint density at radius 2 is 1.85 bits per heavy atom. The van der Waals surface area contributed by atoms with Crippen LogP contribution in [0.1, 0.15) is 18.4 Å². The Morgan fingerprint density at radius 1 is 1.09 bits per heavy atom. The van der Waals surface area contributed by atoms with Gasteiger partial charge in [0.25, 0.3) is 5.91 Å². The number of amides is 2. The molecule has 1 heterocycles. The topological polar surface area (TPSA) is 79.5 Å². The maximum absolute atomic E-state index is 13.8. The van der Waals surface area contributed by atoms with E-state index in [0.29, 0.717) is 24.6 Å². The third-order valence-electron chi connectivity index (χ3n) is 4.91. The number of alkyl halides is 3. The predicted octanol–water partition coefficient (Wildman–Crippen LogP) is 3.89. The fourth-order valence-corrected chi connectivity index (χ4v) is 3.32. The van der Waals surface area contributed by atoms with Gasteiger partial charge in [0.2, 0.25) is 5.91 Å². The number of ether oxygens (including phenoxy) is 1. The van der Waals surface area contributed by atoms with Gasteiger partial charge in [-0.1, -0.05) is 11.6 Å². The maximum atomic E-state index is 13.8. The molecule has 0 spiro atoms. The van der Waals surface area contributed by atoms with Gasteiger partial charge in [-0.2, -0.15) is 13.2 Å². The normalized spacial score (nSPS) is 18.5. The summed E-state index contributed by atoms with van der Waals surface area (Å²) < 4.78 is 70.9. The number of hydrogen-bond donors (Lipinski definition) is 3. The first-order valence-electron chi connectivity index (χ1n) is 9.81. The molecule has 2 aromatic carbocycles. The van der Waals surface area contributed by atoms with Gasteiger partial charge in [0.1, 0.15) is 17.4 Å². The second-order valence-electron chi connectivity index (χ2n) is 7.35. The van der Waals surface area contributed by atoms with Crippen LogP contribution in [0.15, 0.2) is 36.4 Å². The van der Waals surface area contributed by atoms with Crippen molar-refractivity contribution in [1.29, 1.82) is 0 Å². The molecule has 3 rings (SSSR count). The van der Waals surface area contributed by atoms with Crippen LogP contribution in [0.2, 0.25) is 5.02 Å². The number of carbonyl (C=O) groups is 2. The molecule has 0 aliphatic carbocycles. The van der Waals surface area contributed by atoms with Crippen molar-refractivity contribution >= 4 is 29.1 Å². The van der Waals surface area contributed by atoms with E-state index in [0.717, 1.165) is 6.07 Å². The van der Waals surface area contributed by atoms with Crippen LogP contribution in [-0.4, -0.2) is 37.0 Å². The van der Waals surface area contributed by atoms with E-state index < -0.39 is 46.9 Å². The van der Waals surface area contributed by atoms with Crippen LogP contribution < -0.4 is 20.7 Å². The highest BCUT2D eigenvalue weighted by molar-refractivity contribution is 6.30. The molecule has 6 nitrogen and oxygen atoms in total. The van der Waals surface area contributed by atoms with Gasteiger partial charge in [-0.25, -0.2) is 8.78 Å². The van der Waals surface area contributed by atoms with E-state index in [1.807, 2.05) is 0 Å². The van der Waals surface area contributed by atoms with E-state index in [-0.39, 0.29) is 36.4 Å². The van der Waals surface area contributed by atoms with E-state index in [9.17, 15) is 31.5 Å². The molecule has 1 aliphatic rings. The Balaban J connectivity index is 1.46. The second kappa shape index (κ2) is 10.3. The summed E-state index contributed by atoms with van der Waals surface area (Å²) in [5, 5.41) is 7.66. The average Bonchev–Trinajstić information content (AvgIpc) is 2.75. The van der Waals surface area contributed by atoms with Crippen LogP contribution in [0.5, 0.6) is 5.75 Å². The largest absolute Gasteiger partial charge is 0.484 e. The summed E-state index contributed by atoms with van der Waals surface area (Å²) in [6, 6.07) is 4.41. The van der Waals surface area contributed by atoms with Gasteiger partial charge in [-0.05, 0) is 43.2 Å². The van der Waals surface area contributed by atoms with Gasteiger partial charge < -0.3 is 20.7 Å². The molecule has 2 atom stereocenters. The van der Waals surface area contributed by atoms with Crippen molar-refractivity contribution in [3.8, 4) is 5.75 Å². The Kier molecular flexibility index (Phi) is 7.75. The Bertz CT molecular complexity index is 1030. The van der Waals surface area contributed by atoms with Crippen molar-refractivity contribution < 1.29 is 36.3 Å². The third kappa shape index (κ3) is 6.78. The number of anilines is 1. The van der Waals surface area contributed by atoms with Gasteiger partial charge in [-0.3, -0.25) is 9.59 Å². The van der Waals surface area contributed by atoms with E-state index in [2.05, 4.69) is 16.0 Å². The smallest absolute Gasteiger partial charge is 0.416 e. The van der Waals surface area contributed by atoms with Crippen LogP contribution in [0.3, 0.4) is 0 Å². The number of carbonyl (C=O) groups excluding carboxylic acids is 2. The Labute approximate surface area is 190 Å². The van der Waals surface area contributed by atoms with Crippen molar-refractivity contribution in [2.75, 3.05) is 18.5 Å². The van der Waals surface area contributed by atoms with Crippen LogP contribution in [0.4, 0.5) is 27.6 Å². The lowest BCUT2D eigenvalue weighted by Crippen LogP contribution is -2.53. The first-order chi connectivity index (χ1) is 15.5. The summed E-state index contributed by atoms with van der Waals surface area (Å²) in [4.78, 5) is 24.4. The third-order valence-corrected chi connectivity index (χ3v) is 5.22. The summed E-state index contributed by atoms with van der Waals surface area (Å²) in [5.74, 6) is -2.69. The van der Waals surface area contributed by atoms with Gasteiger partial charge in [0.15, 0.2) is 6.61 Å². The maximum Gasteiger partial charge on any atom is 0.416 e. The summed E-state index contributed by atoms with van der Waals surface area (Å²) >= 11 is 5.58. The van der Waals surface area contributed by atoms with Crippen molar-refractivity contribution in [3.63, 3.8) is 0 Å². The van der Waals surface area contributed by atoms with Crippen molar-refractivity contribution in [3.05, 3.63) is 58.6 Å². The molecule has 33 heavy (non-hydrogen) atoms. The van der Waals surface area contributed by atoms with Crippen LogP contribution in [0, 0.1) is 11.6 Å². The molecular formula is C21H19ClF5N3O3. The molecule has 178 valence electrons. The van der Waals surface area contributed by atoms with Gasteiger partial charge in [0.05, 0.1) is 22.3 Å². The minimum atomic E-state index is -4.67. The molecule has 3 N–H and O–H groups in total. The molecule has 1 fully saturated rings.